The summed E-state index contributed by atoms with van der Waals surface area (Å²) >= 11 is 0. The summed E-state index contributed by atoms with van der Waals surface area (Å²) in [6.45, 7) is 15.5. The van der Waals surface area contributed by atoms with Crippen molar-refractivity contribution < 1.29 is 14.3 Å². The Kier molecular flexibility index (Phi) is 5.92. The molecule has 37 heavy (non-hydrogen) atoms. The molecule has 8 heteroatoms. The highest BCUT2D eigenvalue weighted by molar-refractivity contribution is 5.99. The number of hydrogen-bond donors (Lipinski definition) is 2. The number of aromatic amines is 2. The average molecular weight is 506 g/mol. The summed E-state index contributed by atoms with van der Waals surface area (Å²) < 4.78 is 5.59. The van der Waals surface area contributed by atoms with Crippen molar-refractivity contribution in [1.82, 2.24) is 25.0 Å². The number of benzene rings is 1. The number of fused-ring (bicyclic) bond motifs is 2. The van der Waals surface area contributed by atoms with Crippen LogP contribution in [0.5, 0.6) is 0 Å². The Balaban J connectivity index is 1.34. The fourth-order valence-corrected chi connectivity index (χ4v) is 5.62. The van der Waals surface area contributed by atoms with Crippen molar-refractivity contribution in [2.45, 2.75) is 78.9 Å². The van der Waals surface area contributed by atoms with E-state index in [-0.39, 0.29) is 12.0 Å². The van der Waals surface area contributed by atoms with Gasteiger partial charge in [0.25, 0.3) is 5.91 Å². The predicted molar refractivity (Wildman–Crippen MR) is 145 cm³/mol. The van der Waals surface area contributed by atoms with Crippen molar-refractivity contribution in [3.63, 3.8) is 0 Å². The van der Waals surface area contributed by atoms with Crippen LogP contribution in [-0.2, 0) is 17.6 Å². The fraction of sp³-hybridized carbons (Fsp3) is 0.552. The van der Waals surface area contributed by atoms with E-state index in [1.807, 2.05) is 57.7 Å². The molecular weight excluding hydrogens is 466 g/mol. The zero-order valence-corrected chi connectivity index (χ0v) is 23.1. The number of nitrogens with zero attached hydrogens (tertiary/aromatic N) is 3. The minimum atomic E-state index is -0.559. The minimum absolute atomic E-state index is 0.0330. The van der Waals surface area contributed by atoms with Gasteiger partial charge in [-0.05, 0) is 77.5 Å². The Morgan fingerprint density at radius 2 is 1.84 bits per heavy atom. The molecule has 8 nitrogen and oxygen atoms in total. The molecule has 0 atom stereocenters. The first kappa shape index (κ1) is 25.4. The molecule has 5 rings (SSSR count). The van der Waals surface area contributed by atoms with Crippen molar-refractivity contribution in [1.29, 1.82) is 0 Å². The maximum atomic E-state index is 13.5. The molecule has 1 aromatic carbocycles. The smallest absolute Gasteiger partial charge is 0.410 e. The fourth-order valence-electron chi connectivity index (χ4n) is 5.62. The molecule has 3 aromatic rings. The summed E-state index contributed by atoms with van der Waals surface area (Å²) in [5.41, 5.74) is 5.23. The molecule has 0 radical (unpaired) electrons. The Morgan fingerprint density at radius 1 is 1.08 bits per heavy atom. The highest BCUT2D eigenvalue weighted by Gasteiger charge is 2.40. The van der Waals surface area contributed by atoms with Gasteiger partial charge in [0.2, 0.25) is 0 Å². The Bertz CT molecular complexity index is 1360. The highest BCUT2D eigenvalue weighted by atomic mass is 16.6. The average Bonchev–Trinajstić information content (AvgIpc) is 3.38. The number of piperazine rings is 1. The quantitative estimate of drug-likeness (QED) is 0.478. The molecule has 1 fully saturated rings. The van der Waals surface area contributed by atoms with Gasteiger partial charge in [0.1, 0.15) is 11.3 Å². The molecule has 1 aliphatic carbocycles. The van der Waals surface area contributed by atoms with Gasteiger partial charge in [0.15, 0.2) is 0 Å². The maximum absolute atomic E-state index is 13.5. The summed E-state index contributed by atoms with van der Waals surface area (Å²) in [4.78, 5) is 33.3. The molecule has 2 N–H and O–H groups in total. The van der Waals surface area contributed by atoms with Crippen LogP contribution in [0, 0.1) is 5.41 Å². The van der Waals surface area contributed by atoms with Gasteiger partial charge in [-0.25, -0.2) is 4.79 Å². The van der Waals surface area contributed by atoms with E-state index in [1.54, 1.807) is 4.90 Å². The topological polar surface area (TPSA) is 94.3 Å². The van der Waals surface area contributed by atoms with E-state index in [2.05, 4.69) is 35.1 Å². The zero-order chi connectivity index (χ0) is 26.8. The van der Waals surface area contributed by atoms with Crippen LogP contribution in [0.15, 0.2) is 24.3 Å². The van der Waals surface area contributed by atoms with Crippen molar-refractivity contribution in [2.75, 3.05) is 19.6 Å². The van der Waals surface area contributed by atoms with Crippen LogP contribution in [0.25, 0.3) is 22.3 Å². The molecule has 2 aliphatic rings. The standard InChI is InChI=1S/C29H39N5O3/c1-27(2,3)37-26(36)34-13-12-33(17-29(34,6)7)25(35)19-9-8-18-14-22(30-21(18)15-19)24-20-10-11-28(4,5)16-23(20)31-32-24/h8-9,14-15,30H,10-13,16-17H2,1-7H3,(H,31,32). The molecule has 2 aromatic heterocycles. The van der Waals surface area contributed by atoms with Crippen molar-refractivity contribution in [3.05, 3.63) is 41.1 Å². The van der Waals surface area contributed by atoms with E-state index < -0.39 is 11.1 Å². The van der Waals surface area contributed by atoms with Crippen LogP contribution >= 0.6 is 0 Å². The van der Waals surface area contributed by atoms with E-state index in [0.29, 0.717) is 30.6 Å². The first-order chi connectivity index (χ1) is 17.2. The molecule has 2 amide bonds. The van der Waals surface area contributed by atoms with Gasteiger partial charge in [-0.15, -0.1) is 0 Å². The van der Waals surface area contributed by atoms with Crippen LogP contribution in [0.3, 0.4) is 0 Å². The van der Waals surface area contributed by atoms with Gasteiger partial charge in [0, 0.05) is 47.4 Å². The SMILES string of the molecule is CC1(C)CCc2c(-c3cc4ccc(C(=O)N5CCN(C(=O)OC(C)(C)C)C(C)(C)C5)cc4[nH]3)n[nH]c2C1. The van der Waals surface area contributed by atoms with Crippen LogP contribution in [0.2, 0.25) is 0 Å². The number of H-pyrrole nitrogens is 2. The van der Waals surface area contributed by atoms with Crippen molar-refractivity contribution in [2.24, 2.45) is 5.41 Å². The van der Waals surface area contributed by atoms with Crippen molar-refractivity contribution >= 4 is 22.9 Å². The summed E-state index contributed by atoms with van der Waals surface area (Å²) in [5, 5.41) is 8.96. The maximum Gasteiger partial charge on any atom is 0.410 e. The van der Waals surface area contributed by atoms with E-state index >= 15 is 0 Å². The highest BCUT2D eigenvalue weighted by Crippen LogP contribution is 2.38. The van der Waals surface area contributed by atoms with Crippen LogP contribution in [0.4, 0.5) is 4.79 Å². The number of hydrogen-bond acceptors (Lipinski definition) is 4. The Morgan fingerprint density at radius 3 is 2.54 bits per heavy atom. The largest absolute Gasteiger partial charge is 0.444 e. The van der Waals surface area contributed by atoms with E-state index in [0.717, 1.165) is 41.6 Å². The van der Waals surface area contributed by atoms with E-state index in [9.17, 15) is 9.59 Å². The lowest BCUT2D eigenvalue weighted by Crippen LogP contribution is -2.62. The van der Waals surface area contributed by atoms with Crippen molar-refractivity contribution in [3.8, 4) is 11.4 Å². The zero-order valence-electron chi connectivity index (χ0n) is 23.1. The molecule has 1 aliphatic heterocycles. The summed E-state index contributed by atoms with van der Waals surface area (Å²) in [6, 6.07) is 7.92. The van der Waals surface area contributed by atoms with Crippen LogP contribution < -0.4 is 0 Å². The summed E-state index contributed by atoms with van der Waals surface area (Å²) in [7, 11) is 0. The molecule has 198 valence electrons. The number of rotatable bonds is 2. The lowest BCUT2D eigenvalue weighted by molar-refractivity contribution is -0.0202. The molecule has 1 saturated heterocycles. The number of ether oxygens (including phenoxy) is 1. The van der Waals surface area contributed by atoms with E-state index in [4.69, 9.17) is 4.74 Å². The normalized spacial score (nSPS) is 19.1. The van der Waals surface area contributed by atoms with Gasteiger partial charge < -0.3 is 14.6 Å². The predicted octanol–water partition coefficient (Wildman–Crippen LogP) is 5.54. The molecule has 0 spiro atoms. The number of carbonyl (C=O) groups excluding carboxylic acids is 2. The summed E-state index contributed by atoms with van der Waals surface area (Å²) in [6.07, 6.45) is 2.82. The van der Waals surface area contributed by atoms with Gasteiger partial charge in [0.05, 0.1) is 11.2 Å². The third kappa shape index (κ3) is 4.98. The molecule has 3 heterocycles. The van der Waals surface area contributed by atoms with E-state index in [1.165, 1.54) is 11.3 Å². The first-order valence-electron chi connectivity index (χ1n) is 13.2. The van der Waals surface area contributed by atoms with Gasteiger partial charge >= 0.3 is 6.09 Å². The Hall–Kier alpha value is -3.29. The second kappa shape index (κ2) is 8.64. The van der Waals surface area contributed by atoms with Crippen LogP contribution in [-0.4, -0.2) is 67.8 Å². The second-order valence-electron chi connectivity index (χ2n) is 13.0. The number of amides is 2. The first-order valence-corrected chi connectivity index (χ1v) is 13.2. The number of aromatic nitrogens is 3. The van der Waals surface area contributed by atoms with Gasteiger partial charge in [-0.3, -0.25) is 14.8 Å². The monoisotopic (exact) mass is 505 g/mol. The third-order valence-corrected chi connectivity index (χ3v) is 7.59. The molecular formula is C29H39N5O3. The Labute approximate surface area is 218 Å². The number of nitrogens with one attached hydrogen (secondary N) is 2. The molecule has 0 saturated carbocycles. The number of carbonyl (C=O) groups is 2. The minimum Gasteiger partial charge on any atom is -0.444 e. The second-order valence-corrected chi connectivity index (χ2v) is 13.0. The molecule has 0 unspecified atom stereocenters. The van der Waals surface area contributed by atoms with Gasteiger partial charge in [-0.2, -0.15) is 5.10 Å². The lowest BCUT2D eigenvalue weighted by atomic mass is 9.76. The lowest BCUT2D eigenvalue weighted by Gasteiger charge is -2.47. The molecule has 0 bridgehead atoms. The van der Waals surface area contributed by atoms with Gasteiger partial charge in [-0.1, -0.05) is 19.9 Å². The third-order valence-electron chi connectivity index (χ3n) is 7.59. The summed E-state index contributed by atoms with van der Waals surface area (Å²) in [5.74, 6) is -0.0330. The van der Waals surface area contributed by atoms with Crippen LogP contribution in [0.1, 0.15) is 76.5 Å².